The third kappa shape index (κ3) is 3.32. The first-order chi connectivity index (χ1) is 11.4. The Morgan fingerprint density at radius 3 is 2.71 bits per heavy atom. The monoisotopic (exact) mass is 363 g/mol. The lowest BCUT2D eigenvalue weighted by atomic mass is 10.2. The molecule has 0 aliphatic carbocycles. The summed E-state index contributed by atoms with van der Waals surface area (Å²) in [5, 5.41) is 18.8. The van der Waals surface area contributed by atoms with Gasteiger partial charge in [-0.05, 0) is 23.8 Å². The molecule has 1 aromatic carbocycles. The number of halogens is 2. The predicted octanol–water partition coefficient (Wildman–Crippen LogP) is 2.50. The van der Waals surface area contributed by atoms with Crippen LogP contribution in [0.25, 0.3) is 11.3 Å². The third-order valence-electron chi connectivity index (χ3n) is 3.26. The standard InChI is InChI=1S/C15H11Cl2N5O2/c16-10-2-1-8(3-11(10)17)6-22-7-12(20-21-22)9-4-13(23)14(15(18)24)19-5-9/h1-5,7,23H,6H2,(H2,18,24). The highest BCUT2D eigenvalue weighted by atomic mass is 35.5. The summed E-state index contributed by atoms with van der Waals surface area (Å²) in [4.78, 5) is 14.9. The molecule has 0 fully saturated rings. The molecule has 3 rings (SSSR count). The van der Waals surface area contributed by atoms with Gasteiger partial charge in [0.15, 0.2) is 5.69 Å². The zero-order chi connectivity index (χ0) is 17.3. The van der Waals surface area contributed by atoms with E-state index >= 15 is 0 Å². The molecule has 0 saturated heterocycles. The van der Waals surface area contributed by atoms with E-state index in [1.165, 1.54) is 12.3 Å². The molecule has 24 heavy (non-hydrogen) atoms. The van der Waals surface area contributed by atoms with E-state index in [-0.39, 0.29) is 11.4 Å². The van der Waals surface area contributed by atoms with Gasteiger partial charge in [-0.3, -0.25) is 4.79 Å². The van der Waals surface area contributed by atoms with E-state index in [0.29, 0.717) is 27.8 Å². The number of hydrogen-bond acceptors (Lipinski definition) is 5. The summed E-state index contributed by atoms with van der Waals surface area (Å²) in [5.74, 6) is -1.11. The van der Waals surface area contributed by atoms with Crippen LogP contribution < -0.4 is 5.73 Å². The fourth-order valence-corrected chi connectivity index (χ4v) is 2.44. The number of nitrogens with zero attached hydrogens (tertiary/aromatic N) is 4. The largest absolute Gasteiger partial charge is 0.505 e. The van der Waals surface area contributed by atoms with Gasteiger partial charge in [-0.2, -0.15) is 0 Å². The van der Waals surface area contributed by atoms with Crippen molar-refractivity contribution in [2.75, 3.05) is 0 Å². The molecule has 2 heterocycles. The topological polar surface area (TPSA) is 107 Å². The second-order valence-electron chi connectivity index (χ2n) is 5.01. The zero-order valence-electron chi connectivity index (χ0n) is 12.1. The molecule has 3 aromatic rings. The maximum Gasteiger partial charge on any atom is 0.271 e. The number of nitrogens with two attached hydrogens (primary N) is 1. The molecule has 0 aliphatic heterocycles. The van der Waals surface area contributed by atoms with Gasteiger partial charge in [0, 0.05) is 11.8 Å². The highest BCUT2D eigenvalue weighted by molar-refractivity contribution is 6.42. The minimum absolute atomic E-state index is 0.193. The van der Waals surface area contributed by atoms with Gasteiger partial charge in [-0.1, -0.05) is 34.5 Å². The van der Waals surface area contributed by atoms with Gasteiger partial charge in [0.2, 0.25) is 0 Å². The Morgan fingerprint density at radius 2 is 2.04 bits per heavy atom. The number of aromatic hydroxyl groups is 1. The van der Waals surface area contributed by atoms with Crippen LogP contribution in [0, 0.1) is 0 Å². The maximum atomic E-state index is 11.1. The average molecular weight is 364 g/mol. The molecule has 0 atom stereocenters. The van der Waals surface area contributed by atoms with E-state index in [1.54, 1.807) is 23.0 Å². The summed E-state index contributed by atoms with van der Waals surface area (Å²) in [6.45, 7) is 0.447. The summed E-state index contributed by atoms with van der Waals surface area (Å²) in [6, 6.07) is 6.66. The Balaban J connectivity index is 1.84. The van der Waals surface area contributed by atoms with Gasteiger partial charge in [0.1, 0.15) is 11.4 Å². The van der Waals surface area contributed by atoms with Gasteiger partial charge in [-0.25, -0.2) is 9.67 Å². The number of pyridine rings is 1. The number of benzene rings is 1. The third-order valence-corrected chi connectivity index (χ3v) is 4.00. The van der Waals surface area contributed by atoms with Gasteiger partial charge >= 0.3 is 0 Å². The number of carbonyl (C=O) groups excluding carboxylic acids is 1. The smallest absolute Gasteiger partial charge is 0.271 e. The molecule has 1 amide bonds. The van der Waals surface area contributed by atoms with Crippen LogP contribution in [0.1, 0.15) is 16.1 Å². The molecule has 122 valence electrons. The Bertz CT molecular complexity index is 926. The van der Waals surface area contributed by atoms with Crippen LogP contribution in [0.3, 0.4) is 0 Å². The van der Waals surface area contributed by atoms with Crippen LogP contribution in [0.2, 0.25) is 10.0 Å². The quantitative estimate of drug-likeness (QED) is 0.740. The summed E-state index contributed by atoms with van der Waals surface area (Å²) in [6.07, 6.45) is 3.08. The minimum Gasteiger partial charge on any atom is -0.505 e. The second-order valence-corrected chi connectivity index (χ2v) is 5.82. The predicted molar refractivity (Wildman–Crippen MR) is 89.0 cm³/mol. The molecular formula is C15H11Cl2N5O2. The minimum atomic E-state index is -0.803. The van der Waals surface area contributed by atoms with E-state index in [0.717, 1.165) is 5.56 Å². The number of rotatable bonds is 4. The van der Waals surface area contributed by atoms with Crippen LogP contribution in [-0.4, -0.2) is 31.0 Å². The van der Waals surface area contributed by atoms with Crippen molar-refractivity contribution in [2.45, 2.75) is 6.54 Å². The number of hydrogen-bond donors (Lipinski definition) is 2. The van der Waals surface area contributed by atoms with Crippen LogP contribution in [0.4, 0.5) is 0 Å². The van der Waals surface area contributed by atoms with E-state index in [9.17, 15) is 9.90 Å². The second kappa shape index (κ2) is 6.46. The molecular weight excluding hydrogens is 353 g/mol. The molecule has 0 aliphatic rings. The number of amides is 1. The lowest BCUT2D eigenvalue weighted by Crippen LogP contribution is -2.13. The summed E-state index contributed by atoms with van der Waals surface area (Å²) in [5.41, 5.74) is 6.82. The van der Waals surface area contributed by atoms with Crippen molar-refractivity contribution in [1.82, 2.24) is 20.0 Å². The molecule has 7 nitrogen and oxygen atoms in total. The first-order valence-electron chi connectivity index (χ1n) is 6.77. The first-order valence-corrected chi connectivity index (χ1v) is 7.53. The van der Waals surface area contributed by atoms with E-state index < -0.39 is 5.91 Å². The number of primary amides is 1. The van der Waals surface area contributed by atoms with E-state index in [4.69, 9.17) is 28.9 Å². The van der Waals surface area contributed by atoms with Crippen molar-refractivity contribution < 1.29 is 9.90 Å². The Morgan fingerprint density at radius 1 is 1.25 bits per heavy atom. The Labute approximate surface area is 146 Å². The summed E-state index contributed by atoms with van der Waals surface area (Å²) in [7, 11) is 0. The van der Waals surface area contributed by atoms with Crippen molar-refractivity contribution in [2.24, 2.45) is 5.73 Å². The number of carbonyl (C=O) groups is 1. The van der Waals surface area contributed by atoms with Crippen LogP contribution in [-0.2, 0) is 6.54 Å². The zero-order valence-corrected chi connectivity index (χ0v) is 13.7. The highest BCUT2D eigenvalue weighted by Crippen LogP contribution is 2.24. The molecule has 0 unspecified atom stereocenters. The van der Waals surface area contributed by atoms with Gasteiger partial charge in [0.25, 0.3) is 5.91 Å². The maximum absolute atomic E-state index is 11.1. The Kier molecular flexibility index (Phi) is 4.37. The van der Waals surface area contributed by atoms with Crippen molar-refractivity contribution >= 4 is 29.1 Å². The van der Waals surface area contributed by atoms with Crippen molar-refractivity contribution in [3.05, 3.63) is 58.0 Å². The van der Waals surface area contributed by atoms with Crippen molar-refractivity contribution in [1.29, 1.82) is 0 Å². The molecule has 2 aromatic heterocycles. The fraction of sp³-hybridized carbons (Fsp3) is 0.0667. The van der Waals surface area contributed by atoms with Gasteiger partial charge in [0.05, 0.1) is 22.8 Å². The molecule has 9 heteroatoms. The molecule has 0 bridgehead atoms. The highest BCUT2D eigenvalue weighted by Gasteiger charge is 2.12. The summed E-state index contributed by atoms with van der Waals surface area (Å²) < 4.78 is 1.61. The molecule has 0 spiro atoms. The average Bonchev–Trinajstić information content (AvgIpc) is 2.99. The van der Waals surface area contributed by atoms with Crippen molar-refractivity contribution in [3.8, 4) is 17.0 Å². The van der Waals surface area contributed by atoms with Crippen LogP contribution >= 0.6 is 23.2 Å². The van der Waals surface area contributed by atoms with E-state index in [2.05, 4.69) is 15.3 Å². The molecule has 3 N–H and O–H groups in total. The Hall–Kier alpha value is -2.64. The SMILES string of the molecule is NC(=O)c1ncc(-c2cn(Cc3ccc(Cl)c(Cl)c3)nn2)cc1O. The van der Waals surface area contributed by atoms with Gasteiger partial charge in [-0.15, -0.1) is 5.10 Å². The lowest BCUT2D eigenvalue weighted by molar-refractivity contribution is 0.0993. The first kappa shape index (κ1) is 16.2. The lowest BCUT2D eigenvalue weighted by Gasteiger charge is -2.03. The van der Waals surface area contributed by atoms with E-state index in [1.807, 2.05) is 6.07 Å². The van der Waals surface area contributed by atoms with Crippen LogP contribution in [0.5, 0.6) is 5.75 Å². The summed E-state index contributed by atoms with van der Waals surface area (Å²) >= 11 is 11.9. The normalized spacial score (nSPS) is 10.8. The number of aromatic nitrogens is 4. The molecule has 0 saturated carbocycles. The fourth-order valence-electron chi connectivity index (χ4n) is 2.12. The van der Waals surface area contributed by atoms with Crippen molar-refractivity contribution in [3.63, 3.8) is 0 Å². The van der Waals surface area contributed by atoms with Crippen LogP contribution in [0.15, 0.2) is 36.7 Å². The molecule has 0 radical (unpaired) electrons. The van der Waals surface area contributed by atoms with Gasteiger partial charge < -0.3 is 10.8 Å².